The van der Waals surface area contributed by atoms with Gasteiger partial charge in [0.2, 0.25) is 5.91 Å². The molecule has 0 aromatic carbocycles. The van der Waals surface area contributed by atoms with Gasteiger partial charge in [-0.3, -0.25) is 9.78 Å². The Morgan fingerprint density at radius 1 is 1.33 bits per heavy atom. The Morgan fingerprint density at radius 2 is 2.17 bits per heavy atom. The molecule has 0 atom stereocenters. The monoisotopic (exact) mass is 282 g/mol. The van der Waals surface area contributed by atoms with E-state index in [9.17, 15) is 4.79 Å². The van der Waals surface area contributed by atoms with Crippen LogP contribution in [0.2, 0.25) is 10.2 Å². The average Bonchev–Trinajstić information content (AvgIpc) is 2.36. The summed E-state index contributed by atoms with van der Waals surface area (Å²) in [7, 11) is 0. The average molecular weight is 283 g/mol. The van der Waals surface area contributed by atoms with Crippen LogP contribution in [-0.4, -0.2) is 20.9 Å². The number of hydrogen-bond donors (Lipinski definition) is 1. The van der Waals surface area contributed by atoms with E-state index in [-0.39, 0.29) is 28.3 Å². The van der Waals surface area contributed by atoms with E-state index >= 15 is 0 Å². The van der Waals surface area contributed by atoms with Crippen LogP contribution in [0, 0.1) is 0 Å². The molecule has 0 bridgehead atoms. The van der Waals surface area contributed by atoms with E-state index in [2.05, 4.69) is 20.3 Å². The third-order valence-corrected chi connectivity index (χ3v) is 2.83. The highest BCUT2D eigenvalue weighted by molar-refractivity contribution is 6.42. The van der Waals surface area contributed by atoms with Crippen molar-refractivity contribution in [2.24, 2.45) is 0 Å². The maximum absolute atomic E-state index is 11.7. The number of pyridine rings is 1. The molecule has 2 rings (SSSR count). The van der Waals surface area contributed by atoms with Crippen LogP contribution in [0.3, 0.4) is 0 Å². The van der Waals surface area contributed by atoms with Crippen molar-refractivity contribution in [2.75, 3.05) is 5.32 Å². The minimum Gasteiger partial charge on any atom is -0.309 e. The fourth-order valence-corrected chi connectivity index (χ4v) is 1.58. The zero-order valence-electron chi connectivity index (χ0n) is 9.10. The Bertz CT molecular complexity index is 562. The van der Waals surface area contributed by atoms with E-state index in [4.69, 9.17) is 23.2 Å². The lowest BCUT2D eigenvalue weighted by Gasteiger charge is -2.06. The third-order valence-electron chi connectivity index (χ3n) is 2.09. The smallest absolute Gasteiger partial charge is 0.230 e. The molecule has 1 N–H and O–H groups in total. The molecule has 0 saturated carbocycles. The molecule has 2 aromatic rings. The van der Waals surface area contributed by atoms with E-state index in [1.807, 2.05) is 0 Å². The fraction of sp³-hybridized carbons (Fsp3) is 0.0909. The summed E-state index contributed by atoms with van der Waals surface area (Å²) in [5.74, 6) is -0.0507. The molecule has 2 heterocycles. The van der Waals surface area contributed by atoms with Crippen molar-refractivity contribution in [2.45, 2.75) is 6.42 Å². The topological polar surface area (TPSA) is 67.8 Å². The first-order valence-electron chi connectivity index (χ1n) is 5.01. The van der Waals surface area contributed by atoms with Crippen molar-refractivity contribution in [1.29, 1.82) is 0 Å². The summed E-state index contributed by atoms with van der Waals surface area (Å²) >= 11 is 11.6. The number of amides is 1. The van der Waals surface area contributed by atoms with Gasteiger partial charge in [0.25, 0.3) is 0 Å². The van der Waals surface area contributed by atoms with Crippen molar-refractivity contribution >= 4 is 34.9 Å². The predicted molar refractivity (Wildman–Crippen MR) is 68.6 cm³/mol. The van der Waals surface area contributed by atoms with Gasteiger partial charge in [-0.25, -0.2) is 9.97 Å². The first-order valence-corrected chi connectivity index (χ1v) is 5.77. The van der Waals surface area contributed by atoms with E-state index in [1.165, 1.54) is 6.33 Å². The number of carbonyl (C=O) groups excluding carboxylic acids is 1. The van der Waals surface area contributed by atoms with Crippen LogP contribution >= 0.6 is 23.2 Å². The summed E-state index contributed by atoms with van der Waals surface area (Å²) in [4.78, 5) is 23.2. The number of carbonyl (C=O) groups is 1. The SMILES string of the molecule is O=C(Cc1cccnc1)Nc1ncnc(Cl)c1Cl. The van der Waals surface area contributed by atoms with Crippen LogP contribution in [-0.2, 0) is 11.2 Å². The second-order valence-electron chi connectivity index (χ2n) is 3.41. The molecule has 18 heavy (non-hydrogen) atoms. The van der Waals surface area contributed by atoms with Gasteiger partial charge in [0.1, 0.15) is 11.3 Å². The zero-order chi connectivity index (χ0) is 13.0. The Labute approximate surface area is 113 Å². The molecular formula is C11H8Cl2N4O. The summed E-state index contributed by atoms with van der Waals surface area (Å²) in [5.41, 5.74) is 0.797. The summed E-state index contributed by atoms with van der Waals surface area (Å²) in [6.45, 7) is 0. The largest absolute Gasteiger partial charge is 0.309 e. The fourth-order valence-electron chi connectivity index (χ4n) is 1.30. The number of anilines is 1. The highest BCUT2D eigenvalue weighted by Crippen LogP contribution is 2.25. The van der Waals surface area contributed by atoms with Crippen molar-refractivity contribution < 1.29 is 4.79 Å². The zero-order valence-corrected chi connectivity index (χ0v) is 10.6. The number of aromatic nitrogens is 3. The van der Waals surface area contributed by atoms with Crippen LogP contribution in [0.5, 0.6) is 0 Å². The molecule has 7 heteroatoms. The third kappa shape index (κ3) is 3.15. The van der Waals surface area contributed by atoms with Gasteiger partial charge in [-0.05, 0) is 11.6 Å². The molecule has 0 saturated heterocycles. The minimum absolute atomic E-state index is 0.100. The Hall–Kier alpha value is -1.72. The molecule has 5 nitrogen and oxygen atoms in total. The van der Waals surface area contributed by atoms with Crippen LogP contribution < -0.4 is 5.32 Å². The molecule has 0 aliphatic rings. The highest BCUT2D eigenvalue weighted by Gasteiger charge is 2.11. The van der Waals surface area contributed by atoms with Crippen LogP contribution in [0.25, 0.3) is 0 Å². The van der Waals surface area contributed by atoms with E-state index in [0.717, 1.165) is 5.56 Å². The van der Waals surface area contributed by atoms with Gasteiger partial charge in [-0.15, -0.1) is 0 Å². The predicted octanol–water partition coefficient (Wildman–Crippen LogP) is 2.36. The van der Waals surface area contributed by atoms with Crippen molar-refractivity contribution in [3.63, 3.8) is 0 Å². The maximum Gasteiger partial charge on any atom is 0.230 e. The molecule has 92 valence electrons. The standard InChI is InChI=1S/C11H8Cl2N4O/c12-9-10(13)15-6-16-11(9)17-8(18)4-7-2-1-3-14-5-7/h1-3,5-6H,4H2,(H,15,16,17,18). The normalized spacial score (nSPS) is 10.1. The van der Waals surface area contributed by atoms with E-state index in [0.29, 0.717) is 0 Å². The molecule has 1 amide bonds. The second-order valence-corrected chi connectivity index (χ2v) is 4.15. The van der Waals surface area contributed by atoms with Gasteiger partial charge < -0.3 is 5.32 Å². The first-order chi connectivity index (χ1) is 8.66. The molecule has 0 aliphatic carbocycles. The Kier molecular flexibility index (Phi) is 4.07. The van der Waals surface area contributed by atoms with Gasteiger partial charge in [0.15, 0.2) is 11.0 Å². The molecule has 0 aliphatic heterocycles. The van der Waals surface area contributed by atoms with Gasteiger partial charge in [-0.1, -0.05) is 29.3 Å². The van der Waals surface area contributed by atoms with Crippen molar-refractivity contribution in [3.8, 4) is 0 Å². The lowest BCUT2D eigenvalue weighted by molar-refractivity contribution is -0.115. The summed E-state index contributed by atoms with van der Waals surface area (Å²) < 4.78 is 0. The first kappa shape index (κ1) is 12.7. The lowest BCUT2D eigenvalue weighted by Crippen LogP contribution is -2.16. The number of rotatable bonds is 3. The molecule has 2 aromatic heterocycles. The number of halogens is 2. The number of nitrogens with one attached hydrogen (secondary N) is 1. The molecule has 0 radical (unpaired) electrons. The Morgan fingerprint density at radius 3 is 2.89 bits per heavy atom. The van der Waals surface area contributed by atoms with Gasteiger partial charge in [0, 0.05) is 12.4 Å². The number of nitrogens with zero attached hydrogens (tertiary/aromatic N) is 3. The maximum atomic E-state index is 11.7. The molecular weight excluding hydrogens is 275 g/mol. The van der Waals surface area contributed by atoms with Crippen molar-refractivity contribution in [1.82, 2.24) is 15.0 Å². The number of hydrogen-bond acceptors (Lipinski definition) is 4. The lowest BCUT2D eigenvalue weighted by atomic mass is 10.2. The van der Waals surface area contributed by atoms with Gasteiger partial charge in [0.05, 0.1) is 6.42 Å². The minimum atomic E-state index is -0.250. The molecule has 0 fully saturated rings. The molecule has 0 spiro atoms. The van der Waals surface area contributed by atoms with Gasteiger partial charge in [-0.2, -0.15) is 0 Å². The second kappa shape index (κ2) is 5.75. The van der Waals surface area contributed by atoms with Crippen LogP contribution in [0.4, 0.5) is 5.82 Å². The van der Waals surface area contributed by atoms with Crippen LogP contribution in [0.15, 0.2) is 30.9 Å². The highest BCUT2D eigenvalue weighted by atomic mass is 35.5. The summed E-state index contributed by atoms with van der Waals surface area (Å²) in [6.07, 6.45) is 4.68. The quantitative estimate of drug-likeness (QED) is 0.878. The molecule has 0 unspecified atom stereocenters. The Balaban J connectivity index is 2.06. The summed E-state index contributed by atoms with van der Waals surface area (Å²) in [6, 6.07) is 3.57. The van der Waals surface area contributed by atoms with E-state index in [1.54, 1.807) is 24.5 Å². The summed E-state index contributed by atoms with van der Waals surface area (Å²) in [5, 5.41) is 2.79. The van der Waals surface area contributed by atoms with Crippen LogP contribution in [0.1, 0.15) is 5.56 Å². The van der Waals surface area contributed by atoms with E-state index < -0.39 is 0 Å². The van der Waals surface area contributed by atoms with Crippen molar-refractivity contribution in [3.05, 3.63) is 46.6 Å². The van der Waals surface area contributed by atoms with Gasteiger partial charge >= 0.3 is 0 Å².